The first-order chi connectivity index (χ1) is 5.97. The first kappa shape index (κ1) is 9.69. The maximum Gasteiger partial charge on any atom is 0.422 e. The van der Waals surface area contributed by atoms with E-state index in [4.69, 9.17) is 0 Å². The summed E-state index contributed by atoms with van der Waals surface area (Å²) in [4.78, 5) is 6.28. The Kier molecular flexibility index (Phi) is 2.64. The van der Waals surface area contributed by atoms with Crippen LogP contribution in [0.4, 0.5) is 17.6 Å². The summed E-state index contributed by atoms with van der Waals surface area (Å²) in [6.45, 7) is -1.46. The fraction of sp³-hybridized carbons (Fsp3) is 0.333. The molecule has 0 fully saturated rings. The van der Waals surface area contributed by atoms with Gasteiger partial charge < -0.3 is 4.74 Å². The Morgan fingerprint density at radius 1 is 1.23 bits per heavy atom. The Balaban J connectivity index is 2.51. The molecule has 0 amide bonds. The van der Waals surface area contributed by atoms with Crippen LogP contribution in [0.5, 0.6) is 5.88 Å². The normalized spacial score (nSPS) is 11.4. The van der Waals surface area contributed by atoms with E-state index >= 15 is 0 Å². The molecule has 0 aliphatic carbocycles. The third kappa shape index (κ3) is 3.68. The van der Waals surface area contributed by atoms with E-state index in [1.807, 2.05) is 0 Å². The SMILES string of the molecule is Fc1cnc(OCC(F)(F)F)cn1. The van der Waals surface area contributed by atoms with Gasteiger partial charge in [-0.25, -0.2) is 9.97 Å². The van der Waals surface area contributed by atoms with Crippen LogP contribution in [-0.4, -0.2) is 22.8 Å². The van der Waals surface area contributed by atoms with E-state index in [0.717, 1.165) is 6.20 Å². The quantitative estimate of drug-likeness (QED) is 0.673. The first-order valence-corrected chi connectivity index (χ1v) is 3.14. The molecule has 0 saturated heterocycles. The number of rotatable bonds is 2. The Bertz CT molecular complexity index is 271. The van der Waals surface area contributed by atoms with Gasteiger partial charge in [-0.2, -0.15) is 17.6 Å². The van der Waals surface area contributed by atoms with Crippen LogP contribution in [0.1, 0.15) is 0 Å². The molecule has 1 rings (SSSR count). The highest BCUT2D eigenvalue weighted by molar-refractivity contribution is 5.01. The lowest BCUT2D eigenvalue weighted by Gasteiger charge is -2.06. The van der Waals surface area contributed by atoms with Gasteiger partial charge in [-0.3, -0.25) is 0 Å². The molecule has 0 N–H and O–H groups in total. The van der Waals surface area contributed by atoms with Gasteiger partial charge in [0.1, 0.15) is 0 Å². The molecule has 1 aromatic heterocycles. The average molecular weight is 196 g/mol. The van der Waals surface area contributed by atoms with Gasteiger partial charge in [-0.15, -0.1) is 0 Å². The molecule has 0 unspecified atom stereocenters. The number of hydrogen-bond donors (Lipinski definition) is 0. The van der Waals surface area contributed by atoms with E-state index in [1.54, 1.807) is 0 Å². The molecular weight excluding hydrogens is 192 g/mol. The average Bonchev–Trinajstić information content (AvgIpc) is 2.02. The Labute approximate surface area is 70.4 Å². The molecule has 7 heteroatoms. The number of ether oxygens (including phenoxy) is 1. The van der Waals surface area contributed by atoms with Crippen molar-refractivity contribution < 1.29 is 22.3 Å². The maximum atomic E-state index is 12.1. The van der Waals surface area contributed by atoms with Crippen LogP contribution in [0, 0.1) is 5.95 Å². The van der Waals surface area contributed by atoms with Gasteiger partial charge >= 0.3 is 6.18 Å². The molecule has 0 saturated carbocycles. The molecule has 1 aromatic rings. The van der Waals surface area contributed by atoms with Crippen molar-refractivity contribution in [3.8, 4) is 5.88 Å². The third-order valence-corrected chi connectivity index (χ3v) is 0.980. The Morgan fingerprint density at radius 2 is 1.92 bits per heavy atom. The molecular formula is C6H4F4N2O. The Hall–Kier alpha value is -1.40. The fourth-order valence-corrected chi connectivity index (χ4v) is 0.531. The topological polar surface area (TPSA) is 35.0 Å². The number of nitrogens with zero attached hydrogens (tertiary/aromatic N) is 2. The number of halogens is 4. The Morgan fingerprint density at radius 3 is 2.38 bits per heavy atom. The molecule has 72 valence electrons. The second-order valence-corrected chi connectivity index (χ2v) is 2.08. The largest absolute Gasteiger partial charge is 0.467 e. The monoisotopic (exact) mass is 196 g/mol. The molecule has 0 atom stereocenters. The highest BCUT2D eigenvalue weighted by Gasteiger charge is 2.28. The standard InChI is InChI=1S/C6H4F4N2O/c7-4-1-12-5(2-11-4)13-3-6(8,9)10/h1-2H,3H2. The van der Waals surface area contributed by atoms with Crippen LogP contribution in [0.2, 0.25) is 0 Å². The van der Waals surface area contributed by atoms with E-state index < -0.39 is 18.7 Å². The van der Waals surface area contributed by atoms with Crippen LogP contribution >= 0.6 is 0 Å². The summed E-state index contributed by atoms with van der Waals surface area (Å²) in [6.07, 6.45) is -2.98. The van der Waals surface area contributed by atoms with Gasteiger partial charge in [0.25, 0.3) is 0 Å². The van der Waals surface area contributed by atoms with E-state index in [9.17, 15) is 17.6 Å². The number of aromatic nitrogens is 2. The first-order valence-electron chi connectivity index (χ1n) is 3.14. The molecule has 0 spiro atoms. The van der Waals surface area contributed by atoms with Gasteiger partial charge in [0.15, 0.2) is 6.61 Å². The van der Waals surface area contributed by atoms with Gasteiger partial charge in [-0.1, -0.05) is 0 Å². The van der Waals surface area contributed by atoms with Crippen molar-refractivity contribution in [2.75, 3.05) is 6.61 Å². The maximum absolute atomic E-state index is 12.1. The molecule has 1 heterocycles. The van der Waals surface area contributed by atoms with Crippen LogP contribution in [0.25, 0.3) is 0 Å². The summed E-state index contributed by atoms with van der Waals surface area (Å²) in [7, 11) is 0. The second kappa shape index (κ2) is 3.55. The summed E-state index contributed by atoms with van der Waals surface area (Å²) in [5.41, 5.74) is 0. The zero-order valence-electron chi connectivity index (χ0n) is 6.18. The predicted octanol–water partition coefficient (Wildman–Crippen LogP) is 1.56. The summed E-state index contributed by atoms with van der Waals surface area (Å²) >= 11 is 0. The minimum atomic E-state index is -4.43. The molecule has 3 nitrogen and oxygen atoms in total. The highest BCUT2D eigenvalue weighted by atomic mass is 19.4. The van der Waals surface area contributed by atoms with Crippen molar-refractivity contribution in [1.82, 2.24) is 9.97 Å². The zero-order chi connectivity index (χ0) is 9.90. The van der Waals surface area contributed by atoms with E-state index in [1.165, 1.54) is 0 Å². The molecule has 13 heavy (non-hydrogen) atoms. The van der Waals surface area contributed by atoms with Crippen LogP contribution in [-0.2, 0) is 0 Å². The minimum Gasteiger partial charge on any atom is -0.467 e. The van der Waals surface area contributed by atoms with Crippen molar-refractivity contribution in [1.29, 1.82) is 0 Å². The lowest BCUT2D eigenvalue weighted by molar-refractivity contribution is -0.154. The van der Waals surface area contributed by atoms with Crippen LogP contribution in [0.15, 0.2) is 12.4 Å². The summed E-state index contributed by atoms with van der Waals surface area (Å²) in [5.74, 6) is -1.24. The molecule has 0 bridgehead atoms. The van der Waals surface area contributed by atoms with Gasteiger partial charge in [0.2, 0.25) is 11.8 Å². The van der Waals surface area contributed by atoms with Gasteiger partial charge in [0.05, 0.1) is 12.4 Å². The zero-order valence-corrected chi connectivity index (χ0v) is 6.18. The van der Waals surface area contributed by atoms with Crippen LogP contribution in [0.3, 0.4) is 0 Å². The molecule has 0 aliphatic heterocycles. The number of alkyl halides is 3. The van der Waals surface area contributed by atoms with Gasteiger partial charge in [0, 0.05) is 0 Å². The van der Waals surface area contributed by atoms with Crippen molar-refractivity contribution in [3.63, 3.8) is 0 Å². The summed E-state index contributed by atoms with van der Waals surface area (Å²) in [6, 6.07) is 0. The second-order valence-electron chi connectivity index (χ2n) is 2.08. The smallest absolute Gasteiger partial charge is 0.422 e. The fourth-order valence-electron chi connectivity index (χ4n) is 0.531. The van der Waals surface area contributed by atoms with E-state index in [-0.39, 0.29) is 5.88 Å². The molecule has 0 aliphatic rings. The third-order valence-electron chi connectivity index (χ3n) is 0.980. The predicted molar refractivity (Wildman–Crippen MR) is 33.5 cm³/mol. The van der Waals surface area contributed by atoms with Crippen molar-refractivity contribution in [3.05, 3.63) is 18.3 Å². The van der Waals surface area contributed by atoms with E-state index in [0.29, 0.717) is 6.20 Å². The lowest BCUT2D eigenvalue weighted by atomic mass is 10.6. The van der Waals surface area contributed by atoms with Crippen molar-refractivity contribution >= 4 is 0 Å². The van der Waals surface area contributed by atoms with Crippen molar-refractivity contribution in [2.24, 2.45) is 0 Å². The molecule has 0 aromatic carbocycles. The van der Waals surface area contributed by atoms with Crippen LogP contribution < -0.4 is 4.74 Å². The summed E-state index contributed by atoms with van der Waals surface area (Å²) < 4.78 is 51.0. The van der Waals surface area contributed by atoms with Crippen molar-refractivity contribution in [2.45, 2.75) is 6.18 Å². The molecule has 0 radical (unpaired) electrons. The van der Waals surface area contributed by atoms with E-state index in [2.05, 4.69) is 14.7 Å². The summed E-state index contributed by atoms with van der Waals surface area (Å²) in [5, 5.41) is 0. The van der Waals surface area contributed by atoms with Gasteiger partial charge in [-0.05, 0) is 0 Å². The number of hydrogen-bond acceptors (Lipinski definition) is 3. The minimum absolute atomic E-state index is 0.362. The highest BCUT2D eigenvalue weighted by Crippen LogP contribution is 2.15. The lowest BCUT2D eigenvalue weighted by Crippen LogP contribution is -2.19.